The smallest absolute Gasteiger partial charge is 0.322 e. The fourth-order valence-electron chi connectivity index (χ4n) is 2.10. The first kappa shape index (κ1) is 17.7. The normalized spacial score (nSPS) is 13.1. The van der Waals surface area contributed by atoms with E-state index in [1.807, 2.05) is 30.3 Å². The van der Waals surface area contributed by atoms with E-state index in [0.29, 0.717) is 19.5 Å². The number of carbonyl (C=O) groups is 1. The van der Waals surface area contributed by atoms with E-state index in [0.717, 1.165) is 5.56 Å². The van der Waals surface area contributed by atoms with Gasteiger partial charge in [0.2, 0.25) is 10.0 Å². The molecule has 1 rings (SSSR count). The average Bonchev–Trinajstić information content (AvgIpc) is 2.39. The van der Waals surface area contributed by atoms with Crippen LogP contribution in [0.25, 0.3) is 0 Å². The number of rotatable bonds is 8. The monoisotopic (exact) mass is 313 g/mol. The molecule has 118 valence electrons. The molecule has 0 saturated heterocycles. The summed E-state index contributed by atoms with van der Waals surface area (Å²) in [5.74, 6) is -1.31. The average molecular weight is 313 g/mol. The van der Waals surface area contributed by atoms with E-state index in [1.54, 1.807) is 20.8 Å². The number of nitrogens with zero attached hydrogens (tertiary/aromatic N) is 1. The van der Waals surface area contributed by atoms with Crippen molar-refractivity contribution in [3.8, 4) is 0 Å². The highest BCUT2D eigenvalue weighted by atomic mass is 32.2. The lowest BCUT2D eigenvalue weighted by Crippen LogP contribution is -2.36. The molecule has 1 aromatic carbocycles. The topological polar surface area (TPSA) is 63.7 Å². The second kappa shape index (κ2) is 8.14. The Morgan fingerprint density at radius 2 is 1.76 bits per heavy atom. The van der Waals surface area contributed by atoms with E-state index in [-0.39, 0.29) is 6.10 Å². The van der Waals surface area contributed by atoms with Gasteiger partial charge in [0.1, 0.15) is 6.10 Å². The van der Waals surface area contributed by atoms with Crippen LogP contribution in [-0.2, 0) is 26.0 Å². The molecule has 0 spiro atoms. The molecular formula is C15H23NO4S. The molecule has 0 saturated carbocycles. The number of esters is 1. The Kier molecular flexibility index (Phi) is 6.84. The number of carbonyl (C=O) groups excluding carboxylic acids is 1. The lowest BCUT2D eigenvalue weighted by atomic mass is 10.1. The molecule has 0 N–H and O–H groups in total. The second-order valence-corrected chi connectivity index (χ2v) is 6.80. The Morgan fingerprint density at radius 3 is 2.29 bits per heavy atom. The molecular weight excluding hydrogens is 290 g/mol. The predicted octanol–water partition coefficient (Wildman–Crippen LogP) is 1.83. The summed E-state index contributed by atoms with van der Waals surface area (Å²) < 4.78 is 30.4. The summed E-state index contributed by atoms with van der Waals surface area (Å²) in [5, 5.41) is 0. The van der Waals surface area contributed by atoms with Gasteiger partial charge in [0, 0.05) is 19.5 Å². The number of benzene rings is 1. The Balaban J connectivity index is 2.53. The molecule has 0 aliphatic heterocycles. The van der Waals surface area contributed by atoms with Gasteiger partial charge >= 0.3 is 5.97 Å². The van der Waals surface area contributed by atoms with Gasteiger partial charge in [-0.2, -0.15) is 0 Å². The van der Waals surface area contributed by atoms with Crippen LogP contribution in [0.1, 0.15) is 26.3 Å². The first-order valence-electron chi connectivity index (χ1n) is 7.10. The largest absolute Gasteiger partial charge is 0.462 e. The van der Waals surface area contributed by atoms with Crippen LogP contribution in [0.5, 0.6) is 0 Å². The quantitative estimate of drug-likeness (QED) is 0.687. The Labute approximate surface area is 127 Å². The van der Waals surface area contributed by atoms with Crippen LogP contribution in [0, 0.1) is 0 Å². The minimum absolute atomic E-state index is 0.353. The minimum Gasteiger partial charge on any atom is -0.462 e. The summed E-state index contributed by atoms with van der Waals surface area (Å²) in [5.41, 5.74) is 1.05. The molecule has 0 amide bonds. The zero-order chi connectivity index (χ0) is 15.9. The summed E-state index contributed by atoms with van der Waals surface area (Å²) in [6.07, 6.45) is 0.213. The predicted molar refractivity (Wildman–Crippen MR) is 82.4 cm³/mol. The Bertz CT molecular complexity index is 538. The van der Waals surface area contributed by atoms with Gasteiger partial charge in [-0.15, -0.1) is 0 Å². The van der Waals surface area contributed by atoms with Crippen molar-refractivity contribution in [3.05, 3.63) is 35.9 Å². The molecule has 5 nitrogen and oxygen atoms in total. The third-order valence-electron chi connectivity index (χ3n) is 3.10. The molecule has 0 unspecified atom stereocenters. The van der Waals surface area contributed by atoms with Crippen molar-refractivity contribution in [1.29, 1.82) is 0 Å². The molecule has 6 heteroatoms. The number of sulfonamides is 1. The van der Waals surface area contributed by atoms with Crippen LogP contribution in [-0.4, -0.2) is 43.6 Å². The summed E-state index contributed by atoms with van der Waals surface area (Å²) in [6.45, 7) is 5.95. The highest BCUT2D eigenvalue weighted by Crippen LogP contribution is 2.07. The van der Waals surface area contributed by atoms with Crippen LogP contribution >= 0.6 is 0 Å². The lowest BCUT2D eigenvalue weighted by molar-refractivity contribution is -0.144. The van der Waals surface area contributed by atoms with Gasteiger partial charge in [-0.1, -0.05) is 44.2 Å². The van der Waals surface area contributed by atoms with Crippen molar-refractivity contribution >= 4 is 16.0 Å². The van der Waals surface area contributed by atoms with Gasteiger partial charge in [0.15, 0.2) is 5.75 Å². The fraction of sp³-hybridized carbons (Fsp3) is 0.533. The van der Waals surface area contributed by atoms with Gasteiger partial charge in [0.05, 0.1) is 0 Å². The van der Waals surface area contributed by atoms with E-state index >= 15 is 0 Å². The molecule has 1 aromatic rings. The molecule has 0 aliphatic carbocycles. The van der Waals surface area contributed by atoms with E-state index in [9.17, 15) is 13.2 Å². The van der Waals surface area contributed by atoms with Crippen molar-refractivity contribution in [2.45, 2.75) is 33.3 Å². The Hall–Kier alpha value is -1.40. The summed E-state index contributed by atoms with van der Waals surface area (Å²) >= 11 is 0. The van der Waals surface area contributed by atoms with Crippen LogP contribution in [0.15, 0.2) is 30.3 Å². The summed E-state index contributed by atoms with van der Waals surface area (Å²) in [7, 11) is -3.58. The first-order valence-corrected chi connectivity index (χ1v) is 8.71. The molecule has 21 heavy (non-hydrogen) atoms. The Morgan fingerprint density at radius 1 is 1.19 bits per heavy atom. The number of hydrogen-bond donors (Lipinski definition) is 0. The van der Waals surface area contributed by atoms with Crippen molar-refractivity contribution in [2.75, 3.05) is 18.8 Å². The van der Waals surface area contributed by atoms with Crippen molar-refractivity contribution in [2.24, 2.45) is 0 Å². The lowest BCUT2D eigenvalue weighted by Gasteiger charge is -2.19. The second-order valence-electron chi connectivity index (χ2n) is 4.83. The van der Waals surface area contributed by atoms with Crippen LogP contribution in [0.3, 0.4) is 0 Å². The van der Waals surface area contributed by atoms with Gasteiger partial charge in [0.25, 0.3) is 0 Å². The third kappa shape index (κ3) is 5.85. The van der Waals surface area contributed by atoms with Crippen LogP contribution < -0.4 is 0 Å². The zero-order valence-electron chi connectivity index (χ0n) is 12.8. The minimum atomic E-state index is -3.58. The zero-order valence-corrected chi connectivity index (χ0v) is 13.6. The maximum atomic E-state index is 12.0. The molecule has 0 aromatic heterocycles. The van der Waals surface area contributed by atoms with Crippen molar-refractivity contribution < 1.29 is 17.9 Å². The first-order chi connectivity index (χ1) is 9.89. The van der Waals surface area contributed by atoms with E-state index in [1.165, 1.54) is 4.31 Å². The maximum Gasteiger partial charge on any atom is 0.322 e. The summed E-state index contributed by atoms with van der Waals surface area (Å²) in [4.78, 5) is 11.8. The number of ether oxygens (including phenoxy) is 1. The highest BCUT2D eigenvalue weighted by Gasteiger charge is 2.24. The maximum absolute atomic E-state index is 12.0. The third-order valence-corrected chi connectivity index (χ3v) is 5.00. The number of hydrogen-bond acceptors (Lipinski definition) is 4. The molecule has 0 radical (unpaired) electrons. The van der Waals surface area contributed by atoms with Crippen LogP contribution in [0.2, 0.25) is 0 Å². The van der Waals surface area contributed by atoms with Gasteiger partial charge in [-0.3, -0.25) is 4.79 Å². The standard InChI is InChI=1S/C15H23NO4S/c1-4-16(5-2)21(18,19)12-15(17)20-13(3)11-14-9-7-6-8-10-14/h6-10,13H,4-5,11-12H2,1-3H3/t13-/m0/s1. The summed E-state index contributed by atoms with van der Waals surface area (Å²) in [6, 6.07) is 9.62. The van der Waals surface area contributed by atoms with E-state index in [4.69, 9.17) is 4.74 Å². The van der Waals surface area contributed by atoms with Crippen molar-refractivity contribution in [3.63, 3.8) is 0 Å². The molecule has 0 bridgehead atoms. The fourth-order valence-corrected chi connectivity index (χ4v) is 3.44. The van der Waals surface area contributed by atoms with Gasteiger partial charge in [-0.25, -0.2) is 12.7 Å². The van der Waals surface area contributed by atoms with E-state index < -0.39 is 21.7 Å². The highest BCUT2D eigenvalue weighted by molar-refractivity contribution is 7.89. The van der Waals surface area contributed by atoms with Gasteiger partial charge < -0.3 is 4.74 Å². The van der Waals surface area contributed by atoms with Gasteiger partial charge in [-0.05, 0) is 12.5 Å². The molecule has 0 fully saturated rings. The van der Waals surface area contributed by atoms with Crippen LogP contribution in [0.4, 0.5) is 0 Å². The molecule has 0 aliphatic rings. The molecule has 1 atom stereocenters. The molecule has 0 heterocycles. The SMILES string of the molecule is CCN(CC)S(=O)(=O)CC(=O)O[C@@H](C)Cc1ccccc1. The van der Waals surface area contributed by atoms with E-state index in [2.05, 4.69) is 0 Å². The van der Waals surface area contributed by atoms with Crippen molar-refractivity contribution in [1.82, 2.24) is 4.31 Å².